The molecule has 0 rings (SSSR count). The van der Waals surface area contributed by atoms with Crippen molar-refractivity contribution < 1.29 is 37.3 Å². The van der Waals surface area contributed by atoms with E-state index in [4.69, 9.17) is 18.5 Å². The summed E-state index contributed by atoms with van der Waals surface area (Å²) in [5.74, 6) is -0.305. The first-order valence-corrected chi connectivity index (χ1v) is 26.3. The molecule has 0 amide bonds. The number of likely N-dealkylation sites (N-methyl/N-ethyl adjacent to an activating group) is 1. The summed E-state index contributed by atoms with van der Waals surface area (Å²) in [5, 5.41) is 0. The third-order valence-corrected chi connectivity index (χ3v) is 12.2. The van der Waals surface area contributed by atoms with Crippen LogP contribution in [0.4, 0.5) is 0 Å². The maximum absolute atomic E-state index is 12.7. The molecular weight excluding hydrogens is 734 g/mol. The zero-order chi connectivity index (χ0) is 42.0. The van der Waals surface area contributed by atoms with Crippen molar-refractivity contribution in [2.75, 3.05) is 54.1 Å². The van der Waals surface area contributed by atoms with Crippen LogP contribution in [0, 0.1) is 0 Å². The van der Waals surface area contributed by atoms with Gasteiger partial charge in [-0.2, -0.15) is 0 Å². The summed E-state index contributed by atoms with van der Waals surface area (Å²) in [6.07, 6.45) is 45.7. The van der Waals surface area contributed by atoms with Crippen molar-refractivity contribution in [3.8, 4) is 0 Å². The van der Waals surface area contributed by atoms with Crippen molar-refractivity contribution in [3.05, 3.63) is 0 Å². The molecule has 8 nitrogen and oxygen atoms in total. The Hall–Kier alpha value is -0.500. The van der Waals surface area contributed by atoms with Gasteiger partial charge in [0.25, 0.3) is 0 Å². The molecule has 0 aliphatic rings. The van der Waals surface area contributed by atoms with Crippen LogP contribution in [0.1, 0.15) is 245 Å². The van der Waals surface area contributed by atoms with Crippen molar-refractivity contribution >= 4 is 13.8 Å². The third-order valence-electron chi connectivity index (χ3n) is 11.2. The minimum absolute atomic E-state index is 0.0941. The Kier molecular flexibility index (Phi) is 41.8. The minimum atomic E-state index is -4.27. The van der Waals surface area contributed by atoms with Crippen LogP contribution < -0.4 is 0 Å². The van der Waals surface area contributed by atoms with E-state index in [0.717, 1.165) is 32.1 Å². The predicted molar refractivity (Wildman–Crippen MR) is 243 cm³/mol. The maximum atomic E-state index is 12.7. The number of unbranched alkanes of at least 4 members (excludes halogenated alkanes) is 33. The van der Waals surface area contributed by atoms with Gasteiger partial charge < -0.3 is 18.9 Å². The van der Waals surface area contributed by atoms with Gasteiger partial charge in [0.15, 0.2) is 0 Å². The lowest BCUT2D eigenvalue weighted by Gasteiger charge is -2.24. The number of hydrogen-bond donors (Lipinski definition) is 1. The number of nitrogens with zero attached hydrogens (tertiary/aromatic N) is 1. The lowest BCUT2D eigenvalue weighted by molar-refractivity contribution is -0.870. The first kappa shape index (κ1) is 56.5. The molecule has 0 saturated carbocycles. The first-order valence-electron chi connectivity index (χ1n) is 24.8. The zero-order valence-corrected chi connectivity index (χ0v) is 39.8. The standard InChI is InChI=1S/C48H98NO7P/c1-6-8-10-12-14-16-18-20-22-23-24-25-26-27-29-31-33-35-37-39-41-48(50)56-47(46-55-57(51,52)54-44-42-49(3,4)5)45-53-43-40-38-36-34-32-30-28-21-19-17-15-13-11-9-7-2/h47H,6-46H2,1-5H3/p+1. The van der Waals surface area contributed by atoms with Crippen LogP contribution in [0.2, 0.25) is 0 Å². The Morgan fingerprint density at radius 2 is 0.807 bits per heavy atom. The van der Waals surface area contributed by atoms with Gasteiger partial charge >= 0.3 is 13.8 Å². The highest BCUT2D eigenvalue weighted by atomic mass is 31.2. The van der Waals surface area contributed by atoms with Gasteiger partial charge in [0.2, 0.25) is 0 Å². The second kappa shape index (κ2) is 42.2. The number of carbonyl (C=O) groups excluding carboxylic acids is 1. The zero-order valence-electron chi connectivity index (χ0n) is 38.9. The predicted octanol–water partition coefficient (Wildman–Crippen LogP) is 14.8. The lowest BCUT2D eigenvalue weighted by atomic mass is 10.0. The van der Waals surface area contributed by atoms with Crippen LogP contribution in [0.25, 0.3) is 0 Å². The van der Waals surface area contributed by atoms with Gasteiger partial charge in [0.05, 0.1) is 34.4 Å². The Balaban J connectivity index is 4.10. The van der Waals surface area contributed by atoms with Crippen LogP contribution in [-0.2, 0) is 27.9 Å². The van der Waals surface area contributed by atoms with Crippen molar-refractivity contribution in [1.82, 2.24) is 0 Å². The van der Waals surface area contributed by atoms with Crippen molar-refractivity contribution in [2.24, 2.45) is 0 Å². The normalized spacial score (nSPS) is 13.6. The topological polar surface area (TPSA) is 91.3 Å². The molecule has 342 valence electrons. The van der Waals surface area contributed by atoms with Gasteiger partial charge in [0, 0.05) is 13.0 Å². The van der Waals surface area contributed by atoms with E-state index >= 15 is 0 Å². The average molecular weight is 833 g/mol. The van der Waals surface area contributed by atoms with E-state index in [2.05, 4.69) is 13.8 Å². The van der Waals surface area contributed by atoms with E-state index in [1.807, 2.05) is 21.1 Å². The highest BCUT2D eigenvalue weighted by Gasteiger charge is 2.26. The molecule has 0 aliphatic heterocycles. The monoisotopic (exact) mass is 833 g/mol. The van der Waals surface area contributed by atoms with E-state index in [1.165, 1.54) is 193 Å². The third kappa shape index (κ3) is 46.4. The van der Waals surface area contributed by atoms with Gasteiger partial charge in [-0.25, -0.2) is 4.57 Å². The van der Waals surface area contributed by atoms with Crippen LogP contribution in [-0.4, -0.2) is 75.6 Å². The fraction of sp³-hybridized carbons (Fsp3) is 0.979. The van der Waals surface area contributed by atoms with Crippen LogP contribution in [0.5, 0.6) is 0 Å². The molecule has 2 atom stereocenters. The quantitative estimate of drug-likeness (QED) is 0.0283. The molecule has 0 heterocycles. The smallest absolute Gasteiger partial charge is 0.457 e. The van der Waals surface area contributed by atoms with Crippen molar-refractivity contribution in [1.29, 1.82) is 0 Å². The first-order chi connectivity index (χ1) is 27.6. The van der Waals surface area contributed by atoms with Gasteiger partial charge in [0.1, 0.15) is 19.3 Å². The second-order valence-corrected chi connectivity index (χ2v) is 19.7. The Morgan fingerprint density at radius 3 is 1.16 bits per heavy atom. The molecule has 0 aromatic carbocycles. The Labute approximate surface area is 355 Å². The van der Waals surface area contributed by atoms with Crippen LogP contribution >= 0.6 is 7.82 Å². The van der Waals surface area contributed by atoms with E-state index in [-0.39, 0.29) is 25.8 Å². The molecule has 0 spiro atoms. The molecule has 2 unspecified atom stereocenters. The minimum Gasteiger partial charge on any atom is -0.457 e. The number of esters is 1. The molecule has 0 radical (unpaired) electrons. The SMILES string of the molecule is CCCCCCCCCCCCCCCCCCCCCCC(=O)OC(COCCCCCCCCCCCCCCCCC)COP(=O)(O)OCC[N+](C)(C)C. The molecule has 0 aliphatic carbocycles. The van der Waals surface area contributed by atoms with Gasteiger partial charge in [-0.05, 0) is 12.8 Å². The van der Waals surface area contributed by atoms with E-state index in [9.17, 15) is 14.3 Å². The maximum Gasteiger partial charge on any atom is 0.472 e. The van der Waals surface area contributed by atoms with E-state index in [0.29, 0.717) is 24.1 Å². The summed E-state index contributed by atoms with van der Waals surface area (Å²) >= 11 is 0. The highest BCUT2D eigenvalue weighted by molar-refractivity contribution is 7.47. The fourth-order valence-corrected chi connectivity index (χ4v) is 8.06. The molecule has 0 fully saturated rings. The van der Waals surface area contributed by atoms with Crippen molar-refractivity contribution in [3.63, 3.8) is 0 Å². The molecule has 0 saturated heterocycles. The van der Waals surface area contributed by atoms with E-state index < -0.39 is 13.9 Å². The van der Waals surface area contributed by atoms with Crippen LogP contribution in [0.15, 0.2) is 0 Å². The lowest BCUT2D eigenvalue weighted by Crippen LogP contribution is -2.37. The summed E-state index contributed by atoms with van der Waals surface area (Å²) in [4.78, 5) is 23.0. The Bertz CT molecular complexity index is 883. The van der Waals surface area contributed by atoms with Crippen LogP contribution in [0.3, 0.4) is 0 Å². The highest BCUT2D eigenvalue weighted by Crippen LogP contribution is 2.43. The molecular formula is C48H99NO7P+. The fourth-order valence-electron chi connectivity index (χ4n) is 7.32. The summed E-state index contributed by atoms with van der Waals surface area (Å²) in [7, 11) is 1.69. The molecule has 1 N–H and O–H groups in total. The number of hydrogen-bond acceptors (Lipinski definition) is 6. The summed E-state index contributed by atoms with van der Waals surface area (Å²) in [5.41, 5.74) is 0. The summed E-state index contributed by atoms with van der Waals surface area (Å²) in [6.45, 7) is 5.70. The number of quaternary nitrogens is 1. The number of phosphoric acid groups is 1. The molecule has 0 bridgehead atoms. The number of carbonyl (C=O) groups is 1. The summed E-state index contributed by atoms with van der Waals surface area (Å²) < 4.78 is 35.1. The largest absolute Gasteiger partial charge is 0.472 e. The molecule has 57 heavy (non-hydrogen) atoms. The second-order valence-electron chi connectivity index (χ2n) is 18.2. The number of phosphoric ester groups is 1. The van der Waals surface area contributed by atoms with Gasteiger partial charge in [-0.15, -0.1) is 0 Å². The van der Waals surface area contributed by atoms with Crippen molar-refractivity contribution in [2.45, 2.75) is 251 Å². The van der Waals surface area contributed by atoms with E-state index in [1.54, 1.807) is 0 Å². The van der Waals surface area contributed by atoms with Gasteiger partial charge in [-0.3, -0.25) is 13.8 Å². The molecule has 0 aromatic rings. The average Bonchev–Trinajstić information content (AvgIpc) is 3.16. The number of ether oxygens (including phenoxy) is 2. The van der Waals surface area contributed by atoms with Gasteiger partial charge in [-0.1, -0.05) is 226 Å². The summed E-state index contributed by atoms with van der Waals surface area (Å²) in [6, 6.07) is 0. The Morgan fingerprint density at radius 1 is 0.474 bits per heavy atom. The molecule has 0 aromatic heterocycles. The number of rotatable bonds is 47. The molecule has 9 heteroatoms.